The molecular formula is C16H21N3O4. The Morgan fingerprint density at radius 3 is 2.87 bits per heavy atom. The van der Waals surface area contributed by atoms with Crippen LogP contribution in [0.15, 0.2) is 23.0 Å². The van der Waals surface area contributed by atoms with Crippen LogP contribution in [0.1, 0.15) is 24.5 Å². The van der Waals surface area contributed by atoms with Crippen molar-refractivity contribution in [3.05, 3.63) is 34.2 Å². The van der Waals surface area contributed by atoms with Gasteiger partial charge in [0, 0.05) is 50.3 Å². The lowest BCUT2D eigenvalue weighted by atomic mass is 9.83. The van der Waals surface area contributed by atoms with Crippen molar-refractivity contribution < 1.29 is 14.7 Å². The molecule has 2 unspecified atom stereocenters. The molecule has 2 N–H and O–H groups in total. The van der Waals surface area contributed by atoms with Crippen LogP contribution in [0, 0.1) is 5.92 Å². The number of carboxylic acids is 1. The summed E-state index contributed by atoms with van der Waals surface area (Å²) in [6.07, 6.45) is 1.39. The van der Waals surface area contributed by atoms with Crippen LogP contribution < -0.4 is 10.9 Å². The van der Waals surface area contributed by atoms with E-state index in [1.807, 2.05) is 16.7 Å². The first-order chi connectivity index (χ1) is 11.0. The van der Waals surface area contributed by atoms with Gasteiger partial charge in [0.25, 0.3) is 5.56 Å². The molecule has 3 heterocycles. The van der Waals surface area contributed by atoms with E-state index >= 15 is 0 Å². The lowest BCUT2D eigenvalue weighted by Gasteiger charge is -2.42. The SMILES string of the molecule is O=C(O)CNC(=O)CCN1CC2CC(C1)c1cccc(=O)n1C2. The van der Waals surface area contributed by atoms with Crippen LogP contribution in [-0.2, 0) is 16.1 Å². The van der Waals surface area contributed by atoms with Crippen LogP contribution in [0.5, 0.6) is 0 Å². The summed E-state index contributed by atoms with van der Waals surface area (Å²) >= 11 is 0. The molecule has 0 aliphatic carbocycles. The number of piperidine rings is 1. The number of nitrogens with one attached hydrogen (secondary N) is 1. The number of nitrogens with zero attached hydrogens (tertiary/aromatic N) is 2. The van der Waals surface area contributed by atoms with Gasteiger partial charge in [-0.1, -0.05) is 6.07 Å². The van der Waals surface area contributed by atoms with Gasteiger partial charge in [-0.3, -0.25) is 14.4 Å². The van der Waals surface area contributed by atoms with E-state index in [4.69, 9.17) is 5.11 Å². The zero-order valence-corrected chi connectivity index (χ0v) is 12.9. The molecule has 0 aromatic carbocycles. The van der Waals surface area contributed by atoms with Gasteiger partial charge in [-0.25, -0.2) is 0 Å². The minimum atomic E-state index is -1.03. The number of rotatable bonds is 5. The molecule has 2 bridgehead atoms. The monoisotopic (exact) mass is 319 g/mol. The Bertz CT molecular complexity index is 670. The number of carbonyl (C=O) groups excluding carboxylic acids is 1. The van der Waals surface area contributed by atoms with E-state index in [0.717, 1.165) is 31.7 Å². The molecule has 23 heavy (non-hydrogen) atoms. The minimum absolute atomic E-state index is 0.0682. The number of carbonyl (C=O) groups is 2. The van der Waals surface area contributed by atoms with Crippen LogP contribution in [0.3, 0.4) is 0 Å². The summed E-state index contributed by atoms with van der Waals surface area (Å²) in [6.45, 7) is 2.75. The molecule has 1 amide bonds. The maximum absolute atomic E-state index is 12.0. The summed E-state index contributed by atoms with van der Waals surface area (Å²) in [5, 5.41) is 10.9. The summed E-state index contributed by atoms with van der Waals surface area (Å²) in [7, 11) is 0. The first-order valence-electron chi connectivity index (χ1n) is 7.93. The summed E-state index contributed by atoms with van der Waals surface area (Å²) in [6, 6.07) is 5.44. The van der Waals surface area contributed by atoms with Gasteiger partial charge in [-0.2, -0.15) is 0 Å². The Morgan fingerprint density at radius 2 is 2.09 bits per heavy atom. The number of amides is 1. The number of fused-ring (bicyclic) bond motifs is 4. The molecule has 2 aliphatic rings. The molecular weight excluding hydrogens is 298 g/mol. The molecule has 2 atom stereocenters. The van der Waals surface area contributed by atoms with Gasteiger partial charge in [0.15, 0.2) is 0 Å². The van der Waals surface area contributed by atoms with Crippen molar-refractivity contribution in [2.24, 2.45) is 5.92 Å². The molecule has 3 rings (SSSR count). The van der Waals surface area contributed by atoms with Gasteiger partial charge >= 0.3 is 5.97 Å². The van der Waals surface area contributed by atoms with Gasteiger partial charge in [-0.05, 0) is 18.4 Å². The van der Waals surface area contributed by atoms with Gasteiger partial charge in [-0.15, -0.1) is 0 Å². The number of pyridine rings is 1. The number of hydrogen-bond acceptors (Lipinski definition) is 4. The zero-order valence-electron chi connectivity index (χ0n) is 12.9. The third-order valence-electron chi connectivity index (χ3n) is 4.65. The third kappa shape index (κ3) is 3.61. The Hall–Kier alpha value is -2.15. The van der Waals surface area contributed by atoms with Gasteiger partial charge < -0.3 is 19.9 Å². The van der Waals surface area contributed by atoms with Gasteiger partial charge in [0.05, 0.1) is 0 Å². The topological polar surface area (TPSA) is 91.6 Å². The lowest BCUT2D eigenvalue weighted by molar-refractivity contribution is -0.138. The third-order valence-corrected chi connectivity index (χ3v) is 4.65. The van der Waals surface area contributed by atoms with Crippen molar-refractivity contribution in [3.8, 4) is 0 Å². The first-order valence-corrected chi connectivity index (χ1v) is 7.93. The second-order valence-electron chi connectivity index (χ2n) is 6.38. The number of carboxylic acid groups (broad SMARTS) is 1. The molecule has 124 valence electrons. The molecule has 7 heteroatoms. The molecule has 1 fully saturated rings. The van der Waals surface area contributed by atoms with Crippen LogP contribution in [-0.4, -0.2) is 52.6 Å². The van der Waals surface area contributed by atoms with E-state index in [2.05, 4.69) is 10.2 Å². The molecule has 0 radical (unpaired) electrons. The number of aromatic nitrogens is 1. The predicted molar refractivity (Wildman–Crippen MR) is 83.3 cm³/mol. The smallest absolute Gasteiger partial charge is 0.322 e. The highest BCUT2D eigenvalue weighted by Gasteiger charge is 2.34. The average Bonchev–Trinajstić information content (AvgIpc) is 2.52. The highest BCUT2D eigenvalue weighted by molar-refractivity contribution is 5.81. The molecule has 7 nitrogen and oxygen atoms in total. The summed E-state index contributed by atoms with van der Waals surface area (Å²) < 4.78 is 1.88. The Labute approximate surface area is 133 Å². The summed E-state index contributed by atoms with van der Waals surface area (Å²) in [5.41, 5.74) is 1.16. The number of aliphatic carboxylic acids is 1. The molecule has 0 spiro atoms. The van der Waals surface area contributed by atoms with Gasteiger partial charge in [0.2, 0.25) is 5.91 Å². The summed E-state index contributed by atoms with van der Waals surface area (Å²) in [4.78, 5) is 36.3. The molecule has 1 saturated heterocycles. The quantitative estimate of drug-likeness (QED) is 0.788. The number of likely N-dealkylation sites (tertiary alicyclic amines) is 1. The first kappa shape index (κ1) is 15.7. The standard InChI is InChI=1S/C16H21N3O4/c20-14(17-7-16(22)23)4-5-18-8-11-6-12(10-18)13-2-1-3-15(21)19(13)9-11/h1-3,11-12H,4-10H2,(H,17,20)(H,22,23). The van der Waals surface area contributed by atoms with E-state index in [0.29, 0.717) is 24.8 Å². The van der Waals surface area contributed by atoms with Crippen molar-refractivity contribution in [1.82, 2.24) is 14.8 Å². The van der Waals surface area contributed by atoms with E-state index in [1.165, 1.54) is 0 Å². The van der Waals surface area contributed by atoms with Crippen LogP contribution >= 0.6 is 0 Å². The van der Waals surface area contributed by atoms with Crippen molar-refractivity contribution in [2.45, 2.75) is 25.3 Å². The second-order valence-corrected chi connectivity index (χ2v) is 6.38. The van der Waals surface area contributed by atoms with Crippen molar-refractivity contribution in [1.29, 1.82) is 0 Å². The Balaban J connectivity index is 1.59. The van der Waals surface area contributed by atoms with E-state index in [1.54, 1.807) is 6.07 Å². The van der Waals surface area contributed by atoms with E-state index < -0.39 is 5.97 Å². The fraction of sp³-hybridized carbons (Fsp3) is 0.562. The largest absolute Gasteiger partial charge is 0.480 e. The van der Waals surface area contributed by atoms with Crippen LogP contribution in [0.4, 0.5) is 0 Å². The maximum atomic E-state index is 12.0. The van der Waals surface area contributed by atoms with Crippen molar-refractivity contribution in [3.63, 3.8) is 0 Å². The maximum Gasteiger partial charge on any atom is 0.322 e. The highest BCUT2D eigenvalue weighted by atomic mass is 16.4. The minimum Gasteiger partial charge on any atom is -0.480 e. The van der Waals surface area contributed by atoms with E-state index in [-0.39, 0.29) is 18.0 Å². The highest BCUT2D eigenvalue weighted by Crippen LogP contribution is 2.34. The number of hydrogen-bond donors (Lipinski definition) is 2. The molecule has 2 aliphatic heterocycles. The Morgan fingerprint density at radius 1 is 1.26 bits per heavy atom. The predicted octanol–water partition coefficient (Wildman–Crippen LogP) is -0.142. The Kier molecular flexibility index (Phi) is 4.47. The summed E-state index contributed by atoms with van der Waals surface area (Å²) in [5.74, 6) is -0.505. The average molecular weight is 319 g/mol. The van der Waals surface area contributed by atoms with Crippen LogP contribution in [0.2, 0.25) is 0 Å². The molecule has 1 aromatic heterocycles. The zero-order chi connectivity index (χ0) is 16.4. The second kappa shape index (κ2) is 6.54. The fourth-order valence-electron chi connectivity index (χ4n) is 3.70. The molecule has 1 aromatic rings. The van der Waals surface area contributed by atoms with Crippen molar-refractivity contribution >= 4 is 11.9 Å². The fourth-order valence-corrected chi connectivity index (χ4v) is 3.70. The molecule has 0 saturated carbocycles. The van der Waals surface area contributed by atoms with Gasteiger partial charge in [0.1, 0.15) is 6.54 Å². The lowest BCUT2D eigenvalue weighted by Crippen LogP contribution is -2.47. The van der Waals surface area contributed by atoms with Crippen LogP contribution in [0.25, 0.3) is 0 Å². The van der Waals surface area contributed by atoms with Crippen molar-refractivity contribution in [2.75, 3.05) is 26.2 Å². The van der Waals surface area contributed by atoms with E-state index in [9.17, 15) is 14.4 Å². The normalized spacial score (nSPS) is 23.1.